The van der Waals surface area contributed by atoms with Crippen LogP contribution in [0.2, 0.25) is 0 Å². The number of rotatable bonds is 2. The van der Waals surface area contributed by atoms with Crippen molar-refractivity contribution in [2.24, 2.45) is 11.8 Å². The fourth-order valence-electron chi connectivity index (χ4n) is 2.98. The molecule has 14 heavy (non-hydrogen) atoms. The molecule has 0 aliphatic carbocycles. The Morgan fingerprint density at radius 1 is 1.07 bits per heavy atom. The van der Waals surface area contributed by atoms with E-state index >= 15 is 0 Å². The highest BCUT2D eigenvalue weighted by Gasteiger charge is 2.30. The zero-order chi connectivity index (χ0) is 9.97. The fourth-order valence-corrected chi connectivity index (χ4v) is 2.98. The van der Waals surface area contributed by atoms with Crippen molar-refractivity contribution in [2.45, 2.75) is 39.2 Å². The Balaban J connectivity index is 1.82. The Morgan fingerprint density at radius 2 is 1.79 bits per heavy atom. The Kier molecular flexibility index (Phi) is 3.45. The summed E-state index contributed by atoms with van der Waals surface area (Å²) in [5, 5.41) is 3.46. The van der Waals surface area contributed by atoms with Crippen molar-refractivity contribution in [3.63, 3.8) is 0 Å². The zero-order valence-electron chi connectivity index (χ0n) is 9.63. The maximum atomic E-state index is 3.46. The van der Waals surface area contributed by atoms with E-state index < -0.39 is 0 Å². The summed E-state index contributed by atoms with van der Waals surface area (Å²) in [6.45, 7) is 9.86. The van der Waals surface area contributed by atoms with Gasteiger partial charge in [0.05, 0.1) is 0 Å². The van der Waals surface area contributed by atoms with Crippen LogP contribution in [0, 0.1) is 11.8 Å². The molecule has 0 spiro atoms. The lowest BCUT2D eigenvalue weighted by molar-refractivity contribution is 0.223. The van der Waals surface area contributed by atoms with Gasteiger partial charge in [-0.15, -0.1) is 0 Å². The van der Waals surface area contributed by atoms with Crippen molar-refractivity contribution < 1.29 is 0 Å². The van der Waals surface area contributed by atoms with E-state index in [-0.39, 0.29) is 0 Å². The molecule has 1 unspecified atom stereocenters. The van der Waals surface area contributed by atoms with E-state index in [1.807, 2.05) is 0 Å². The molecule has 2 heteroatoms. The van der Waals surface area contributed by atoms with E-state index in [1.165, 1.54) is 45.4 Å². The smallest absolute Gasteiger partial charge is 0.00387 e. The van der Waals surface area contributed by atoms with Gasteiger partial charge in [0, 0.05) is 12.6 Å². The quantitative estimate of drug-likeness (QED) is 0.723. The molecule has 0 aromatic heterocycles. The van der Waals surface area contributed by atoms with Crippen LogP contribution in [0.1, 0.15) is 33.1 Å². The summed E-state index contributed by atoms with van der Waals surface area (Å²) in [4.78, 5) is 2.65. The SMILES string of the molecule is CC(C)N1CCC(C2CCNCC2)C1. The van der Waals surface area contributed by atoms with Gasteiger partial charge in [0.25, 0.3) is 0 Å². The largest absolute Gasteiger partial charge is 0.317 e. The van der Waals surface area contributed by atoms with Gasteiger partial charge < -0.3 is 10.2 Å². The Labute approximate surface area is 88.1 Å². The summed E-state index contributed by atoms with van der Waals surface area (Å²) < 4.78 is 0. The maximum absolute atomic E-state index is 3.46. The lowest BCUT2D eigenvalue weighted by Crippen LogP contribution is -2.34. The normalized spacial score (nSPS) is 31.5. The lowest BCUT2D eigenvalue weighted by Gasteiger charge is -2.28. The molecule has 2 heterocycles. The summed E-state index contributed by atoms with van der Waals surface area (Å²) in [5.41, 5.74) is 0. The first-order chi connectivity index (χ1) is 6.77. The predicted molar refractivity (Wildman–Crippen MR) is 60.4 cm³/mol. The van der Waals surface area contributed by atoms with Gasteiger partial charge in [-0.3, -0.25) is 0 Å². The summed E-state index contributed by atoms with van der Waals surface area (Å²) in [6, 6.07) is 0.752. The summed E-state index contributed by atoms with van der Waals surface area (Å²) >= 11 is 0. The van der Waals surface area contributed by atoms with Crippen LogP contribution in [0.5, 0.6) is 0 Å². The molecule has 0 radical (unpaired) electrons. The average molecular weight is 196 g/mol. The van der Waals surface area contributed by atoms with Crippen LogP contribution in [0.15, 0.2) is 0 Å². The van der Waals surface area contributed by atoms with E-state index in [2.05, 4.69) is 24.1 Å². The molecule has 82 valence electrons. The first kappa shape index (κ1) is 10.4. The third-order valence-corrected chi connectivity index (χ3v) is 4.04. The second kappa shape index (κ2) is 4.63. The molecule has 2 saturated heterocycles. The number of nitrogens with one attached hydrogen (secondary N) is 1. The summed E-state index contributed by atoms with van der Waals surface area (Å²) in [5.74, 6) is 2.01. The Morgan fingerprint density at radius 3 is 2.36 bits per heavy atom. The number of hydrogen-bond donors (Lipinski definition) is 1. The van der Waals surface area contributed by atoms with Gasteiger partial charge >= 0.3 is 0 Å². The molecule has 2 rings (SSSR count). The number of hydrogen-bond acceptors (Lipinski definition) is 2. The third kappa shape index (κ3) is 2.29. The highest BCUT2D eigenvalue weighted by molar-refractivity contribution is 4.84. The molecule has 0 bridgehead atoms. The molecule has 1 atom stereocenters. The van der Waals surface area contributed by atoms with Crippen molar-refractivity contribution in [3.8, 4) is 0 Å². The predicted octanol–water partition coefficient (Wildman–Crippen LogP) is 1.72. The summed E-state index contributed by atoms with van der Waals surface area (Å²) in [6.07, 6.45) is 4.27. The van der Waals surface area contributed by atoms with Crippen LogP contribution in [0.3, 0.4) is 0 Å². The van der Waals surface area contributed by atoms with Gasteiger partial charge in [0.2, 0.25) is 0 Å². The van der Waals surface area contributed by atoms with Crippen molar-refractivity contribution in [2.75, 3.05) is 26.2 Å². The molecule has 0 amide bonds. The Bertz CT molecular complexity index is 173. The minimum Gasteiger partial charge on any atom is -0.317 e. The van der Waals surface area contributed by atoms with Gasteiger partial charge in [0.15, 0.2) is 0 Å². The molecule has 0 saturated carbocycles. The minimum atomic E-state index is 0.752. The lowest BCUT2D eigenvalue weighted by atomic mass is 9.84. The topological polar surface area (TPSA) is 15.3 Å². The molecule has 0 aromatic carbocycles. The van der Waals surface area contributed by atoms with E-state index in [1.54, 1.807) is 0 Å². The third-order valence-electron chi connectivity index (χ3n) is 4.04. The van der Waals surface area contributed by atoms with E-state index in [4.69, 9.17) is 0 Å². The van der Waals surface area contributed by atoms with Crippen LogP contribution in [0.25, 0.3) is 0 Å². The van der Waals surface area contributed by atoms with Crippen molar-refractivity contribution >= 4 is 0 Å². The number of likely N-dealkylation sites (tertiary alicyclic amines) is 1. The van der Waals surface area contributed by atoms with Crippen molar-refractivity contribution in [1.82, 2.24) is 10.2 Å². The molecule has 1 N–H and O–H groups in total. The van der Waals surface area contributed by atoms with Crippen molar-refractivity contribution in [3.05, 3.63) is 0 Å². The second-order valence-electron chi connectivity index (χ2n) is 5.22. The molecular formula is C12H24N2. The first-order valence-electron chi connectivity index (χ1n) is 6.22. The molecule has 2 fully saturated rings. The summed E-state index contributed by atoms with van der Waals surface area (Å²) in [7, 11) is 0. The number of nitrogens with zero attached hydrogens (tertiary/aromatic N) is 1. The minimum absolute atomic E-state index is 0.752. The first-order valence-corrected chi connectivity index (χ1v) is 6.22. The standard InChI is InChI=1S/C12H24N2/c1-10(2)14-8-5-12(9-14)11-3-6-13-7-4-11/h10-13H,3-9H2,1-2H3. The highest BCUT2D eigenvalue weighted by Crippen LogP contribution is 2.30. The Hall–Kier alpha value is -0.0800. The van der Waals surface area contributed by atoms with Gasteiger partial charge in [0.1, 0.15) is 0 Å². The average Bonchev–Trinajstić information content (AvgIpc) is 2.68. The van der Waals surface area contributed by atoms with E-state index in [9.17, 15) is 0 Å². The van der Waals surface area contributed by atoms with E-state index in [0.717, 1.165) is 17.9 Å². The van der Waals surface area contributed by atoms with Crippen LogP contribution in [-0.4, -0.2) is 37.1 Å². The monoisotopic (exact) mass is 196 g/mol. The molecule has 2 nitrogen and oxygen atoms in total. The van der Waals surface area contributed by atoms with Gasteiger partial charge in [-0.1, -0.05) is 0 Å². The van der Waals surface area contributed by atoms with Crippen LogP contribution >= 0.6 is 0 Å². The maximum Gasteiger partial charge on any atom is 0.00387 e. The van der Waals surface area contributed by atoms with E-state index in [0.29, 0.717) is 0 Å². The van der Waals surface area contributed by atoms with Crippen LogP contribution < -0.4 is 5.32 Å². The van der Waals surface area contributed by atoms with Crippen molar-refractivity contribution in [1.29, 1.82) is 0 Å². The van der Waals surface area contributed by atoms with Gasteiger partial charge in [-0.05, 0) is 64.6 Å². The number of piperidine rings is 1. The zero-order valence-corrected chi connectivity index (χ0v) is 9.63. The fraction of sp³-hybridized carbons (Fsp3) is 1.00. The molecule has 2 aliphatic heterocycles. The molecular weight excluding hydrogens is 172 g/mol. The van der Waals surface area contributed by atoms with Gasteiger partial charge in [-0.25, -0.2) is 0 Å². The molecule has 2 aliphatic rings. The molecule has 0 aromatic rings. The highest BCUT2D eigenvalue weighted by atomic mass is 15.2. The van der Waals surface area contributed by atoms with Gasteiger partial charge in [-0.2, -0.15) is 0 Å². The second-order valence-corrected chi connectivity index (χ2v) is 5.22. The van der Waals surface area contributed by atoms with Crippen LogP contribution in [-0.2, 0) is 0 Å². The van der Waals surface area contributed by atoms with Crippen LogP contribution in [0.4, 0.5) is 0 Å².